The van der Waals surface area contributed by atoms with E-state index in [1.165, 1.54) is 166 Å². The number of anilines is 6. The fourth-order valence-corrected chi connectivity index (χ4v) is 9.65. The van der Waals surface area contributed by atoms with E-state index in [9.17, 15) is 0 Å². The summed E-state index contributed by atoms with van der Waals surface area (Å²) in [5.74, 6) is 0. The van der Waals surface area contributed by atoms with Crippen LogP contribution in [-0.2, 0) is 18.3 Å². The van der Waals surface area contributed by atoms with Gasteiger partial charge in [0.25, 0.3) is 0 Å². The van der Waals surface area contributed by atoms with Crippen LogP contribution in [0.2, 0.25) is 0 Å². The van der Waals surface area contributed by atoms with Crippen molar-refractivity contribution in [2.45, 2.75) is 141 Å². The highest BCUT2D eigenvalue weighted by molar-refractivity contribution is 5.78. The maximum Gasteiger partial charge on any atom is 0.0461 e. The molecule has 0 amide bonds. The molecule has 1 fully saturated rings. The summed E-state index contributed by atoms with van der Waals surface area (Å²) in [6.45, 7) is 4.58. The molecule has 0 atom stereocenters. The lowest BCUT2D eigenvalue weighted by atomic mass is 9.65. The molecule has 2 nitrogen and oxygen atoms in total. The molecular weight excluding hydrogens is 725 g/mol. The minimum Gasteiger partial charge on any atom is -0.311 e. The molecule has 60 heavy (non-hydrogen) atoms. The topological polar surface area (TPSA) is 6.48 Å². The first-order chi connectivity index (χ1) is 29.7. The van der Waals surface area contributed by atoms with Gasteiger partial charge in [-0.3, -0.25) is 0 Å². The van der Waals surface area contributed by atoms with Gasteiger partial charge < -0.3 is 9.80 Å². The van der Waals surface area contributed by atoms with Crippen LogP contribution in [0.25, 0.3) is 0 Å². The van der Waals surface area contributed by atoms with Crippen molar-refractivity contribution in [2.24, 2.45) is 0 Å². The number of unbranched alkanes of at least 4 members (excludes halogenated alkanes) is 10. The largest absolute Gasteiger partial charge is 0.311 e. The summed E-state index contributed by atoms with van der Waals surface area (Å²) in [6, 6.07) is 59.6. The lowest BCUT2D eigenvalue weighted by Gasteiger charge is -2.39. The Hall–Kier alpha value is -5.08. The minimum absolute atomic E-state index is 0.000833. The van der Waals surface area contributed by atoms with Crippen molar-refractivity contribution in [1.82, 2.24) is 0 Å². The Balaban J connectivity index is 1.11. The summed E-state index contributed by atoms with van der Waals surface area (Å²) in [7, 11) is 0. The smallest absolute Gasteiger partial charge is 0.0461 e. The van der Waals surface area contributed by atoms with Crippen LogP contribution in [0.3, 0.4) is 0 Å². The zero-order chi connectivity index (χ0) is 41.2. The Morgan fingerprint density at radius 1 is 0.333 bits per heavy atom. The Bertz CT molecular complexity index is 1930. The van der Waals surface area contributed by atoms with Crippen LogP contribution in [0.4, 0.5) is 34.1 Å². The molecule has 6 aromatic rings. The number of aryl methyl sites for hydroxylation is 2. The number of nitrogens with zero attached hydrogens (tertiary/aromatic N) is 2. The van der Waals surface area contributed by atoms with E-state index >= 15 is 0 Å². The predicted molar refractivity (Wildman–Crippen MR) is 260 cm³/mol. The van der Waals surface area contributed by atoms with E-state index in [4.69, 9.17) is 0 Å². The third-order valence-electron chi connectivity index (χ3n) is 13.1. The highest BCUT2D eigenvalue weighted by Gasteiger charge is 2.36. The first kappa shape index (κ1) is 43.0. The van der Waals surface area contributed by atoms with Gasteiger partial charge in [0.1, 0.15) is 0 Å². The SMILES string of the molecule is CCCCCCCCc1ccc(N(c2ccccc2)c2ccc(C3(c4ccc(N(c5ccccc5)c5ccc(CCCCCCCC)cc5)cc4)CCCCC3)cc2)cc1. The molecule has 0 spiro atoms. The van der Waals surface area contributed by atoms with Gasteiger partial charge in [0.15, 0.2) is 0 Å². The van der Waals surface area contributed by atoms with Gasteiger partial charge in [-0.15, -0.1) is 0 Å². The van der Waals surface area contributed by atoms with Crippen molar-refractivity contribution in [3.8, 4) is 0 Å². The van der Waals surface area contributed by atoms with Crippen molar-refractivity contribution in [3.63, 3.8) is 0 Å². The molecule has 0 unspecified atom stereocenters. The van der Waals surface area contributed by atoms with Gasteiger partial charge in [0.05, 0.1) is 0 Å². The second kappa shape index (κ2) is 22.5. The van der Waals surface area contributed by atoms with Crippen molar-refractivity contribution in [1.29, 1.82) is 0 Å². The highest BCUT2D eigenvalue weighted by Crippen LogP contribution is 2.47. The lowest BCUT2D eigenvalue weighted by Crippen LogP contribution is -2.30. The van der Waals surface area contributed by atoms with Crippen LogP contribution in [0.15, 0.2) is 158 Å². The Labute approximate surface area is 363 Å². The number of para-hydroxylation sites is 2. The maximum atomic E-state index is 2.43. The lowest BCUT2D eigenvalue weighted by molar-refractivity contribution is 0.346. The van der Waals surface area contributed by atoms with E-state index in [1.807, 2.05) is 0 Å². The van der Waals surface area contributed by atoms with Gasteiger partial charge in [-0.25, -0.2) is 0 Å². The van der Waals surface area contributed by atoms with E-state index in [0.717, 1.165) is 12.8 Å². The quantitative estimate of drug-likeness (QED) is 0.0632. The normalized spacial score (nSPS) is 13.6. The molecule has 1 saturated carbocycles. The van der Waals surface area contributed by atoms with Crippen LogP contribution in [0.1, 0.15) is 145 Å². The molecule has 1 aliphatic rings. The number of hydrogen-bond donors (Lipinski definition) is 0. The molecule has 0 bridgehead atoms. The predicted octanol–water partition coefficient (Wildman–Crippen LogP) is 17.7. The zero-order valence-electron chi connectivity index (χ0n) is 36.8. The summed E-state index contributed by atoms with van der Waals surface area (Å²) in [5, 5.41) is 0. The Morgan fingerprint density at radius 3 is 1.02 bits per heavy atom. The van der Waals surface area contributed by atoms with Gasteiger partial charge in [-0.1, -0.05) is 182 Å². The molecule has 0 saturated heterocycles. The molecule has 0 N–H and O–H groups in total. The van der Waals surface area contributed by atoms with Crippen LogP contribution in [0.5, 0.6) is 0 Å². The molecule has 7 rings (SSSR count). The molecule has 312 valence electrons. The number of hydrogen-bond acceptors (Lipinski definition) is 2. The third-order valence-corrected chi connectivity index (χ3v) is 13.1. The fraction of sp³-hybridized carbons (Fsp3) is 0.379. The van der Waals surface area contributed by atoms with E-state index in [1.54, 1.807) is 0 Å². The maximum absolute atomic E-state index is 2.43. The highest BCUT2D eigenvalue weighted by atomic mass is 15.1. The molecular formula is C58H70N2. The van der Waals surface area contributed by atoms with Crippen LogP contribution in [0, 0.1) is 0 Å². The van der Waals surface area contributed by atoms with Gasteiger partial charge in [0, 0.05) is 39.5 Å². The summed E-state index contributed by atoms with van der Waals surface area (Å²) in [6.07, 6.45) is 24.5. The third kappa shape index (κ3) is 11.2. The Morgan fingerprint density at radius 2 is 0.650 bits per heavy atom. The van der Waals surface area contributed by atoms with Crippen LogP contribution < -0.4 is 9.80 Å². The molecule has 2 heteroatoms. The number of rotatable bonds is 22. The molecule has 0 aliphatic heterocycles. The molecule has 0 heterocycles. The monoisotopic (exact) mass is 795 g/mol. The van der Waals surface area contributed by atoms with Crippen LogP contribution >= 0.6 is 0 Å². The number of benzene rings is 6. The standard InChI is InChI=1S/C58H70N2/c1-3-5-7-9-11-16-24-48-30-38-54(39-31-48)59(52-26-18-13-19-27-52)56-42-34-50(35-43-56)58(46-22-15-23-47-58)51-36-44-57(45-37-51)60(53-28-20-14-21-29-53)55-40-32-49(33-41-55)25-17-12-10-8-6-4-2/h13-14,18-21,26-45H,3-12,15-17,22-25,46-47H2,1-2H3. The van der Waals surface area contributed by atoms with E-state index in [-0.39, 0.29) is 5.41 Å². The molecule has 0 aromatic heterocycles. The summed E-state index contributed by atoms with van der Waals surface area (Å²) in [5.41, 5.74) is 12.9. The first-order valence-electron chi connectivity index (χ1n) is 23.8. The Kier molecular flexibility index (Phi) is 16.1. The molecule has 1 aliphatic carbocycles. The van der Waals surface area contributed by atoms with Crippen molar-refractivity contribution in [2.75, 3.05) is 9.80 Å². The second-order valence-electron chi connectivity index (χ2n) is 17.4. The van der Waals surface area contributed by atoms with E-state index < -0.39 is 0 Å². The van der Waals surface area contributed by atoms with E-state index in [2.05, 4.69) is 181 Å². The molecule has 0 radical (unpaired) electrons. The van der Waals surface area contributed by atoms with Crippen molar-refractivity contribution < 1.29 is 0 Å². The summed E-state index contributed by atoms with van der Waals surface area (Å²) < 4.78 is 0. The molecule has 6 aromatic carbocycles. The minimum atomic E-state index is 0.000833. The van der Waals surface area contributed by atoms with Crippen LogP contribution in [-0.4, -0.2) is 0 Å². The second-order valence-corrected chi connectivity index (χ2v) is 17.4. The van der Waals surface area contributed by atoms with Gasteiger partial charge in [0.2, 0.25) is 0 Å². The average Bonchev–Trinajstić information content (AvgIpc) is 3.31. The summed E-state index contributed by atoms with van der Waals surface area (Å²) in [4.78, 5) is 4.83. The van der Waals surface area contributed by atoms with Crippen molar-refractivity contribution in [3.05, 3.63) is 180 Å². The van der Waals surface area contributed by atoms with Gasteiger partial charge in [-0.05, 0) is 134 Å². The zero-order valence-corrected chi connectivity index (χ0v) is 36.8. The van der Waals surface area contributed by atoms with Crippen molar-refractivity contribution >= 4 is 34.1 Å². The van der Waals surface area contributed by atoms with Gasteiger partial charge in [-0.2, -0.15) is 0 Å². The first-order valence-corrected chi connectivity index (χ1v) is 23.8. The average molecular weight is 795 g/mol. The van der Waals surface area contributed by atoms with E-state index in [0.29, 0.717) is 0 Å². The summed E-state index contributed by atoms with van der Waals surface area (Å²) >= 11 is 0. The fourth-order valence-electron chi connectivity index (χ4n) is 9.65. The van der Waals surface area contributed by atoms with Gasteiger partial charge >= 0.3 is 0 Å².